The van der Waals surface area contributed by atoms with Gasteiger partial charge in [-0.25, -0.2) is 0 Å². The molecule has 0 aliphatic carbocycles. The number of nitrogens with zero attached hydrogens (tertiary/aromatic N) is 2. The third-order valence-corrected chi connectivity index (χ3v) is 4.40. The summed E-state index contributed by atoms with van der Waals surface area (Å²) in [6.45, 7) is 5.74. The second-order valence-corrected chi connectivity index (χ2v) is 6.28. The maximum Gasteiger partial charge on any atom is 0.294 e. The number of benzene rings is 1. The number of fused-ring (bicyclic) bond motifs is 1. The summed E-state index contributed by atoms with van der Waals surface area (Å²) in [7, 11) is 0. The highest BCUT2D eigenvalue weighted by molar-refractivity contribution is 6.10. The van der Waals surface area contributed by atoms with Gasteiger partial charge in [-0.3, -0.25) is 19.7 Å². The van der Waals surface area contributed by atoms with Gasteiger partial charge in [-0.1, -0.05) is 0 Å². The van der Waals surface area contributed by atoms with E-state index in [2.05, 4.69) is 5.32 Å². The quantitative estimate of drug-likeness (QED) is 0.678. The summed E-state index contributed by atoms with van der Waals surface area (Å²) in [6, 6.07) is 4.32. The molecule has 0 fully saturated rings. The van der Waals surface area contributed by atoms with Gasteiger partial charge < -0.3 is 14.6 Å². The monoisotopic (exact) mass is 343 g/mol. The number of nitro groups is 1. The molecule has 25 heavy (non-hydrogen) atoms. The predicted molar refractivity (Wildman–Crippen MR) is 90.8 cm³/mol. The van der Waals surface area contributed by atoms with E-state index in [4.69, 9.17) is 4.42 Å². The molecule has 1 aromatic carbocycles. The van der Waals surface area contributed by atoms with Gasteiger partial charge in [0, 0.05) is 12.6 Å². The van der Waals surface area contributed by atoms with Gasteiger partial charge in [0.25, 0.3) is 11.6 Å². The Balaban J connectivity index is 2.11. The van der Waals surface area contributed by atoms with Crippen molar-refractivity contribution in [3.8, 4) is 0 Å². The van der Waals surface area contributed by atoms with Gasteiger partial charge in [-0.2, -0.15) is 0 Å². The molecule has 0 saturated carbocycles. The van der Waals surface area contributed by atoms with Gasteiger partial charge in [0.05, 0.1) is 27.9 Å². The van der Waals surface area contributed by atoms with Crippen molar-refractivity contribution in [1.29, 1.82) is 0 Å². The molecule has 2 amide bonds. The molecule has 1 aliphatic rings. The largest absolute Gasteiger partial charge is 0.472 e. The first-order valence-electron chi connectivity index (χ1n) is 7.75. The standard InChI is InChI=1S/C17H17N3O5/c1-4-19-13-8-14(20(23)24)12(7-11(13)17(2,3)16(19)22)18-15(21)10-5-6-25-9-10/h5-9H,4H2,1-3H3,(H,18,21). The number of likely N-dealkylation sites (N-methyl/N-ethyl adjacent to an activating group) is 1. The number of amides is 2. The Hall–Kier alpha value is -3.16. The Morgan fingerprint density at radius 2 is 2.12 bits per heavy atom. The second-order valence-electron chi connectivity index (χ2n) is 6.28. The first-order chi connectivity index (χ1) is 11.8. The highest BCUT2D eigenvalue weighted by Crippen LogP contribution is 2.45. The van der Waals surface area contributed by atoms with Crippen LogP contribution >= 0.6 is 0 Å². The fraction of sp³-hybridized carbons (Fsp3) is 0.294. The van der Waals surface area contributed by atoms with Crippen LogP contribution in [0.5, 0.6) is 0 Å². The fourth-order valence-corrected chi connectivity index (χ4v) is 3.02. The van der Waals surface area contributed by atoms with Crippen LogP contribution in [0.3, 0.4) is 0 Å². The van der Waals surface area contributed by atoms with Gasteiger partial charge in [-0.05, 0) is 38.5 Å². The molecule has 0 saturated heterocycles. The Morgan fingerprint density at radius 3 is 2.68 bits per heavy atom. The predicted octanol–water partition coefficient (Wildman–Crippen LogP) is 3.08. The van der Waals surface area contributed by atoms with Crippen LogP contribution in [0, 0.1) is 10.1 Å². The molecule has 3 rings (SSSR count). The van der Waals surface area contributed by atoms with E-state index in [-0.39, 0.29) is 22.8 Å². The highest BCUT2D eigenvalue weighted by Gasteiger charge is 2.44. The lowest BCUT2D eigenvalue weighted by atomic mass is 9.85. The lowest BCUT2D eigenvalue weighted by Crippen LogP contribution is -2.35. The molecule has 2 aromatic rings. The summed E-state index contributed by atoms with van der Waals surface area (Å²) < 4.78 is 4.85. The summed E-state index contributed by atoms with van der Waals surface area (Å²) in [4.78, 5) is 37.2. The van der Waals surface area contributed by atoms with Crippen molar-refractivity contribution in [2.75, 3.05) is 16.8 Å². The molecule has 0 radical (unpaired) electrons. The minimum Gasteiger partial charge on any atom is -0.472 e. The molecule has 0 atom stereocenters. The lowest BCUT2D eigenvalue weighted by molar-refractivity contribution is -0.383. The molecule has 2 heterocycles. The van der Waals surface area contributed by atoms with E-state index in [1.807, 2.05) is 6.92 Å². The van der Waals surface area contributed by atoms with Crippen LogP contribution in [0.4, 0.5) is 17.1 Å². The van der Waals surface area contributed by atoms with Crippen LogP contribution in [0.25, 0.3) is 0 Å². The number of furan rings is 1. The molecule has 8 heteroatoms. The van der Waals surface area contributed by atoms with Crippen molar-refractivity contribution in [1.82, 2.24) is 0 Å². The molecule has 0 bridgehead atoms. The molecule has 8 nitrogen and oxygen atoms in total. The number of hydrogen-bond acceptors (Lipinski definition) is 5. The van der Waals surface area contributed by atoms with E-state index in [0.717, 1.165) is 0 Å². The van der Waals surface area contributed by atoms with Gasteiger partial charge in [0.2, 0.25) is 5.91 Å². The Bertz CT molecular complexity index is 871. The van der Waals surface area contributed by atoms with E-state index in [0.29, 0.717) is 17.8 Å². The third kappa shape index (κ3) is 2.55. The van der Waals surface area contributed by atoms with Crippen LogP contribution in [0.2, 0.25) is 0 Å². The number of hydrogen-bond donors (Lipinski definition) is 1. The summed E-state index contributed by atoms with van der Waals surface area (Å²) in [5.74, 6) is -0.649. The first kappa shape index (κ1) is 16.7. The zero-order chi connectivity index (χ0) is 18.4. The van der Waals surface area contributed by atoms with Gasteiger partial charge >= 0.3 is 0 Å². The van der Waals surface area contributed by atoms with Crippen molar-refractivity contribution in [3.63, 3.8) is 0 Å². The van der Waals surface area contributed by atoms with Crippen molar-refractivity contribution in [2.24, 2.45) is 0 Å². The van der Waals surface area contributed by atoms with E-state index < -0.39 is 16.2 Å². The maximum atomic E-state index is 12.6. The summed E-state index contributed by atoms with van der Waals surface area (Å²) in [5.41, 5.74) is 0.363. The minimum absolute atomic E-state index is 0.0498. The number of anilines is 2. The highest BCUT2D eigenvalue weighted by atomic mass is 16.6. The molecular weight excluding hydrogens is 326 g/mol. The van der Waals surface area contributed by atoms with Crippen LogP contribution in [0.1, 0.15) is 36.7 Å². The first-order valence-corrected chi connectivity index (χ1v) is 7.75. The SMILES string of the molecule is CCN1C(=O)C(C)(C)c2cc(NC(=O)c3ccoc3)c([N+](=O)[O-])cc21. The van der Waals surface area contributed by atoms with Crippen molar-refractivity contribution in [2.45, 2.75) is 26.2 Å². The fourth-order valence-electron chi connectivity index (χ4n) is 3.02. The van der Waals surface area contributed by atoms with Crippen LogP contribution in [-0.4, -0.2) is 23.3 Å². The average Bonchev–Trinajstić information content (AvgIpc) is 3.15. The van der Waals surface area contributed by atoms with E-state index in [1.54, 1.807) is 13.8 Å². The van der Waals surface area contributed by atoms with Crippen molar-refractivity contribution < 1.29 is 18.9 Å². The van der Waals surface area contributed by atoms with Crippen LogP contribution < -0.4 is 10.2 Å². The number of rotatable bonds is 4. The minimum atomic E-state index is -0.824. The summed E-state index contributed by atoms with van der Waals surface area (Å²) >= 11 is 0. The Morgan fingerprint density at radius 1 is 1.40 bits per heavy atom. The number of nitro benzene ring substituents is 1. The number of carbonyl (C=O) groups is 2. The summed E-state index contributed by atoms with van der Waals surface area (Å²) in [5, 5.41) is 14.0. The molecule has 1 N–H and O–H groups in total. The van der Waals surface area contributed by atoms with Crippen molar-refractivity contribution in [3.05, 3.63) is 52.0 Å². The molecule has 1 aromatic heterocycles. The van der Waals surface area contributed by atoms with Crippen LogP contribution in [-0.2, 0) is 10.2 Å². The van der Waals surface area contributed by atoms with Gasteiger partial charge in [0.1, 0.15) is 12.0 Å². The Labute approximate surface area is 143 Å². The zero-order valence-corrected chi connectivity index (χ0v) is 14.0. The average molecular weight is 343 g/mol. The third-order valence-electron chi connectivity index (χ3n) is 4.40. The number of nitrogens with one attached hydrogen (secondary N) is 1. The Kier molecular flexibility index (Phi) is 3.82. The molecule has 0 unspecified atom stereocenters. The van der Waals surface area contributed by atoms with Crippen molar-refractivity contribution >= 4 is 28.9 Å². The van der Waals surface area contributed by atoms with E-state index >= 15 is 0 Å². The second kappa shape index (κ2) is 5.73. The zero-order valence-electron chi connectivity index (χ0n) is 14.0. The molecule has 130 valence electrons. The molecule has 0 spiro atoms. The van der Waals surface area contributed by atoms with Gasteiger partial charge in [-0.15, -0.1) is 0 Å². The maximum absolute atomic E-state index is 12.6. The smallest absolute Gasteiger partial charge is 0.294 e. The summed E-state index contributed by atoms with van der Waals surface area (Å²) in [6.07, 6.45) is 2.59. The topological polar surface area (TPSA) is 106 Å². The van der Waals surface area contributed by atoms with Crippen LogP contribution in [0.15, 0.2) is 35.1 Å². The molecule has 1 aliphatic heterocycles. The van der Waals surface area contributed by atoms with E-state index in [1.165, 1.54) is 35.6 Å². The molecular formula is C17H17N3O5. The normalized spacial score (nSPS) is 15.2. The van der Waals surface area contributed by atoms with E-state index in [9.17, 15) is 19.7 Å². The number of carbonyl (C=O) groups excluding carboxylic acids is 2. The lowest BCUT2D eigenvalue weighted by Gasteiger charge is -2.18. The van der Waals surface area contributed by atoms with Gasteiger partial charge in [0.15, 0.2) is 0 Å².